The van der Waals surface area contributed by atoms with Crippen molar-refractivity contribution in [3.8, 4) is 17.0 Å². The van der Waals surface area contributed by atoms with E-state index >= 15 is 0 Å². The third-order valence-corrected chi connectivity index (χ3v) is 6.01. The van der Waals surface area contributed by atoms with E-state index in [1.165, 1.54) is 12.3 Å². The second-order valence-corrected chi connectivity index (χ2v) is 7.89. The van der Waals surface area contributed by atoms with Gasteiger partial charge in [0, 0.05) is 61.8 Å². The topological polar surface area (TPSA) is 86.3 Å². The van der Waals surface area contributed by atoms with Gasteiger partial charge in [-0.2, -0.15) is 8.78 Å². The van der Waals surface area contributed by atoms with Gasteiger partial charge in [-0.3, -0.25) is 4.79 Å². The number of nitrogens with two attached hydrogens (primary N) is 1. The summed E-state index contributed by atoms with van der Waals surface area (Å²) < 4.78 is 31.9. The molecule has 1 amide bonds. The number of anilines is 1. The molecule has 148 valence electrons. The van der Waals surface area contributed by atoms with Crippen LogP contribution in [0.25, 0.3) is 11.3 Å². The number of carbonyl (C=O) groups is 1. The number of hydrogen-bond acceptors (Lipinski definition) is 5. The molecule has 7 nitrogen and oxygen atoms in total. The van der Waals surface area contributed by atoms with Crippen molar-refractivity contribution in [1.29, 1.82) is 0 Å². The maximum Gasteiger partial charge on any atom is 0.387 e. The third kappa shape index (κ3) is 2.89. The molecule has 0 radical (unpaired) electrons. The molecule has 3 heterocycles. The number of halogens is 2. The fraction of sp³-hybridized carbons (Fsp3) is 0.526. The normalized spacial score (nSPS) is 25.9. The van der Waals surface area contributed by atoms with Crippen molar-refractivity contribution in [3.63, 3.8) is 0 Å². The summed E-state index contributed by atoms with van der Waals surface area (Å²) in [4.78, 5) is 22.3. The predicted molar refractivity (Wildman–Crippen MR) is 96.7 cm³/mol. The number of nitrogens with zero attached hydrogens (tertiary/aromatic N) is 4. The molecular formula is C19H21F2N5O2. The Morgan fingerprint density at radius 3 is 2.64 bits per heavy atom. The zero-order valence-electron chi connectivity index (χ0n) is 15.4. The number of likely N-dealkylation sites (tertiary alicyclic amines) is 1. The minimum atomic E-state index is -2.96. The first-order chi connectivity index (χ1) is 13.4. The highest BCUT2D eigenvalue weighted by molar-refractivity contribution is 5.74. The number of aromatic nitrogens is 3. The van der Waals surface area contributed by atoms with Crippen molar-refractivity contribution in [1.82, 2.24) is 19.4 Å². The van der Waals surface area contributed by atoms with Gasteiger partial charge in [0.1, 0.15) is 5.82 Å². The molecule has 28 heavy (non-hydrogen) atoms. The fourth-order valence-electron chi connectivity index (χ4n) is 4.38. The maximum atomic E-state index is 12.6. The van der Waals surface area contributed by atoms with Crippen LogP contribution < -0.4 is 10.5 Å². The number of piperidine rings is 1. The van der Waals surface area contributed by atoms with Gasteiger partial charge in [0.25, 0.3) is 0 Å². The molecule has 5 rings (SSSR count). The van der Waals surface area contributed by atoms with Crippen LogP contribution in [0.5, 0.6) is 5.75 Å². The number of hydrogen-bond donors (Lipinski definition) is 1. The van der Waals surface area contributed by atoms with Crippen molar-refractivity contribution >= 4 is 11.7 Å². The number of imidazole rings is 1. The Morgan fingerprint density at radius 2 is 2.04 bits per heavy atom. The highest BCUT2D eigenvalue weighted by Crippen LogP contribution is 2.57. The van der Waals surface area contributed by atoms with Crippen molar-refractivity contribution in [2.45, 2.75) is 38.3 Å². The van der Waals surface area contributed by atoms with Crippen LogP contribution in [0.3, 0.4) is 0 Å². The van der Waals surface area contributed by atoms with Crippen molar-refractivity contribution in [2.75, 3.05) is 18.8 Å². The first-order valence-electron chi connectivity index (χ1n) is 9.47. The number of fused-ring (bicyclic) bond motifs is 1. The number of alkyl halides is 2. The maximum absolute atomic E-state index is 12.6. The van der Waals surface area contributed by atoms with E-state index in [0.29, 0.717) is 35.1 Å². The molecule has 3 fully saturated rings. The van der Waals surface area contributed by atoms with Crippen LogP contribution in [0, 0.1) is 11.8 Å². The molecule has 1 aliphatic heterocycles. The summed E-state index contributed by atoms with van der Waals surface area (Å²) in [5.74, 6) is 2.31. The minimum Gasteiger partial charge on any atom is -0.431 e. The van der Waals surface area contributed by atoms with Gasteiger partial charge < -0.3 is 19.9 Å². The summed E-state index contributed by atoms with van der Waals surface area (Å²) in [7, 11) is 0. The van der Waals surface area contributed by atoms with Crippen LogP contribution in [0.2, 0.25) is 0 Å². The van der Waals surface area contributed by atoms with Gasteiger partial charge in [0.15, 0.2) is 11.6 Å². The van der Waals surface area contributed by atoms with Gasteiger partial charge in [-0.1, -0.05) is 0 Å². The standard InChI is InChI=1S/C19H21F2N5O2/c1-9(27)25-6-12-13(7-25)16(12)26-8-14(24-18(26)10-2-3-10)11-4-15(28-19(20)21)17(22)23-5-11/h4-5,8,10,12-13,16,19H,2-3,6-7H2,1H3,(H2,22,23)/t12-,13+,16+. The van der Waals surface area contributed by atoms with Crippen LogP contribution in [0.15, 0.2) is 18.5 Å². The van der Waals surface area contributed by atoms with Gasteiger partial charge in [-0.15, -0.1) is 0 Å². The molecule has 3 atom stereocenters. The van der Waals surface area contributed by atoms with Gasteiger partial charge in [0.05, 0.1) is 5.69 Å². The average Bonchev–Trinajstić information content (AvgIpc) is 3.51. The van der Waals surface area contributed by atoms with E-state index < -0.39 is 6.61 Å². The van der Waals surface area contributed by atoms with Crippen LogP contribution in [-0.4, -0.2) is 45.0 Å². The highest BCUT2D eigenvalue weighted by Gasteiger charge is 2.58. The molecule has 2 N–H and O–H groups in total. The van der Waals surface area contributed by atoms with E-state index in [1.807, 2.05) is 11.1 Å². The summed E-state index contributed by atoms with van der Waals surface area (Å²) in [6.07, 6.45) is 5.73. The number of rotatable bonds is 5. The second kappa shape index (κ2) is 6.15. The number of pyridine rings is 1. The van der Waals surface area contributed by atoms with Gasteiger partial charge in [0.2, 0.25) is 5.91 Å². The Bertz CT molecular complexity index is 930. The lowest BCUT2D eigenvalue weighted by atomic mass is 10.2. The molecule has 2 aromatic heterocycles. The molecule has 2 aliphatic carbocycles. The molecule has 0 bridgehead atoms. The Kier molecular flexibility index (Phi) is 3.82. The molecule has 2 saturated carbocycles. The molecule has 2 aromatic rings. The van der Waals surface area contributed by atoms with Crippen LogP contribution in [0.1, 0.15) is 37.5 Å². The van der Waals surface area contributed by atoms with Crippen LogP contribution >= 0.6 is 0 Å². The van der Waals surface area contributed by atoms with E-state index in [2.05, 4.69) is 14.3 Å². The Morgan fingerprint density at radius 1 is 1.32 bits per heavy atom. The quantitative estimate of drug-likeness (QED) is 0.850. The zero-order valence-corrected chi connectivity index (χ0v) is 15.4. The largest absolute Gasteiger partial charge is 0.431 e. The van der Waals surface area contributed by atoms with Crippen LogP contribution in [-0.2, 0) is 4.79 Å². The first-order valence-corrected chi connectivity index (χ1v) is 9.47. The molecule has 1 saturated heterocycles. The molecule has 0 aromatic carbocycles. The number of carbonyl (C=O) groups excluding carboxylic acids is 1. The minimum absolute atomic E-state index is 0.0769. The lowest BCUT2D eigenvalue weighted by molar-refractivity contribution is -0.128. The summed E-state index contributed by atoms with van der Waals surface area (Å²) in [6, 6.07) is 1.81. The van der Waals surface area contributed by atoms with E-state index in [-0.39, 0.29) is 17.5 Å². The Labute approximate surface area is 160 Å². The SMILES string of the molecule is CC(=O)N1C[C@@H]2[C@H](C1)[C@H]2n1cc(-c2cnc(N)c(OC(F)F)c2)nc1C1CC1. The number of ether oxygens (including phenoxy) is 1. The highest BCUT2D eigenvalue weighted by atomic mass is 19.3. The Balaban J connectivity index is 1.44. The van der Waals surface area contributed by atoms with E-state index in [4.69, 9.17) is 10.7 Å². The molecule has 3 aliphatic rings. The van der Waals surface area contributed by atoms with Gasteiger partial charge in [-0.05, 0) is 18.9 Å². The van der Waals surface area contributed by atoms with Gasteiger partial charge >= 0.3 is 6.61 Å². The lowest BCUT2D eigenvalue weighted by Gasteiger charge is -2.19. The third-order valence-electron chi connectivity index (χ3n) is 6.01. The second-order valence-electron chi connectivity index (χ2n) is 7.89. The molecular weight excluding hydrogens is 368 g/mol. The van der Waals surface area contributed by atoms with E-state index in [0.717, 1.165) is 31.8 Å². The molecule has 9 heteroatoms. The zero-order chi connectivity index (χ0) is 19.6. The van der Waals surface area contributed by atoms with E-state index in [1.54, 1.807) is 6.92 Å². The van der Waals surface area contributed by atoms with Crippen LogP contribution in [0.4, 0.5) is 14.6 Å². The number of amides is 1. The Hall–Kier alpha value is -2.71. The summed E-state index contributed by atoms with van der Waals surface area (Å²) in [5, 5.41) is 0. The van der Waals surface area contributed by atoms with Gasteiger partial charge in [-0.25, -0.2) is 9.97 Å². The summed E-state index contributed by atoms with van der Waals surface area (Å²) >= 11 is 0. The van der Waals surface area contributed by atoms with Crippen molar-refractivity contribution in [3.05, 3.63) is 24.3 Å². The van der Waals surface area contributed by atoms with Crippen molar-refractivity contribution in [2.24, 2.45) is 11.8 Å². The first kappa shape index (κ1) is 17.4. The van der Waals surface area contributed by atoms with Crippen molar-refractivity contribution < 1.29 is 18.3 Å². The lowest BCUT2D eigenvalue weighted by Crippen LogP contribution is -2.29. The van der Waals surface area contributed by atoms with E-state index in [9.17, 15) is 13.6 Å². The smallest absolute Gasteiger partial charge is 0.387 e. The predicted octanol–water partition coefficient (Wildman–Crippen LogP) is 2.66. The molecule has 0 unspecified atom stereocenters. The fourth-order valence-corrected chi connectivity index (χ4v) is 4.38. The molecule has 0 spiro atoms. The summed E-state index contributed by atoms with van der Waals surface area (Å²) in [6.45, 7) is 0.225. The summed E-state index contributed by atoms with van der Waals surface area (Å²) in [5.41, 5.74) is 6.92. The monoisotopic (exact) mass is 389 g/mol. The number of nitrogen functional groups attached to an aromatic ring is 1. The average molecular weight is 389 g/mol.